The summed E-state index contributed by atoms with van der Waals surface area (Å²) in [4.78, 5) is 14.8. The van der Waals surface area contributed by atoms with Crippen LogP contribution in [0.3, 0.4) is 0 Å². The van der Waals surface area contributed by atoms with E-state index in [1.165, 1.54) is 0 Å². The predicted molar refractivity (Wildman–Crippen MR) is 95.3 cm³/mol. The number of rotatable bonds is 8. The quantitative estimate of drug-likeness (QED) is 0.519. The monoisotopic (exact) mass is 318 g/mol. The van der Waals surface area contributed by atoms with Crippen molar-refractivity contribution in [1.82, 2.24) is 0 Å². The summed E-state index contributed by atoms with van der Waals surface area (Å²) in [5.41, 5.74) is 1.05. The molecule has 1 unspecified atom stereocenters. The number of carbonyl (C=O) groups excluding carboxylic acids is 1. The first-order valence-corrected chi connectivity index (χ1v) is 8.36. The van der Waals surface area contributed by atoms with Gasteiger partial charge in [0.25, 0.3) is 0 Å². The van der Waals surface area contributed by atoms with E-state index in [0.717, 1.165) is 30.4 Å². The summed E-state index contributed by atoms with van der Waals surface area (Å²) in [5.74, 6) is 0. The number of unbranched alkanes of at least 4 members (excludes halogenated alkanes) is 1. The lowest BCUT2D eigenvalue weighted by molar-refractivity contribution is 0.461. The number of isocyanates is 1. The van der Waals surface area contributed by atoms with Crippen LogP contribution in [-0.4, -0.2) is 12.1 Å². The van der Waals surface area contributed by atoms with Gasteiger partial charge in [-0.15, -0.1) is 0 Å². The third-order valence-corrected chi connectivity index (χ3v) is 4.39. The van der Waals surface area contributed by atoms with E-state index >= 15 is 0 Å². The first-order valence-electron chi connectivity index (χ1n) is 8.36. The van der Waals surface area contributed by atoms with Crippen LogP contribution >= 0.6 is 0 Å². The minimum atomic E-state index is -0.818. The fourth-order valence-electron chi connectivity index (χ4n) is 3.10. The van der Waals surface area contributed by atoms with Crippen molar-refractivity contribution in [3.63, 3.8) is 0 Å². The standard InChI is InChI=1S/C21H22N2O/c1-2-3-14-20(23-17-24)15-21(16-22,18-10-6-4-7-11-18)19-12-8-5-9-13-19/h4-13,20H,2-3,14-15H2,1H3. The van der Waals surface area contributed by atoms with E-state index in [1.807, 2.05) is 60.7 Å². The first kappa shape index (κ1) is 17.7. The molecule has 0 bridgehead atoms. The molecule has 0 aliphatic carbocycles. The molecule has 122 valence electrons. The van der Waals surface area contributed by atoms with Gasteiger partial charge in [-0.05, 0) is 24.0 Å². The largest absolute Gasteiger partial charge is 0.235 e. The Labute approximate surface area is 143 Å². The number of benzene rings is 2. The van der Waals surface area contributed by atoms with Crippen molar-refractivity contribution < 1.29 is 4.79 Å². The van der Waals surface area contributed by atoms with E-state index in [2.05, 4.69) is 18.0 Å². The topological polar surface area (TPSA) is 53.2 Å². The summed E-state index contributed by atoms with van der Waals surface area (Å²) in [5, 5.41) is 10.1. The molecule has 0 saturated heterocycles. The predicted octanol–water partition coefficient (Wildman–Crippen LogP) is 4.78. The molecule has 2 rings (SSSR count). The highest BCUT2D eigenvalue weighted by atomic mass is 16.1. The van der Waals surface area contributed by atoms with Gasteiger partial charge in [0, 0.05) is 0 Å². The van der Waals surface area contributed by atoms with Crippen molar-refractivity contribution >= 4 is 6.08 Å². The fourth-order valence-corrected chi connectivity index (χ4v) is 3.10. The van der Waals surface area contributed by atoms with Crippen LogP contribution < -0.4 is 0 Å². The maximum Gasteiger partial charge on any atom is 0.235 e. The Kier molecular flexibility index (Phi) is 6.49. The highest BCUT2D eigenvalue weighted by Gasteiger charge is 2.37. The van der Waals surface area contributed by atoms with Gasteiger partial charge in [-0.2, -0.15) is 5.26 Å². The fraction of sp³-hybridized carbons (Fsp3) is 0.333. The van der Waals surface area contributed by atoms with E-state index in [1.54, 1.807) is 6.08 Å². The van der Waals surface area contributed by atoms with E-state index in [0.29, 0.717) is 6.42 Å². The molecule has 0 fully saturated rings. The lowest BCUT2D eigenvalue weighted by atomic mass is 9.71. The highest BCUT2D eigenvalue weighted by molar-refractivity contribution is 5.46. The molecule has 0 heterocycles. The lowest BCUT2D eigenvalue weighted by Gasteiger charge is -2.30. The molecule has 0 N–H and O–H groups in total. The first-order chi connectivity index (χ1) is 11.8. The SMILES string of the molecule is CCCCC(CC(C#N)(c1ccccc1)c1ccccc1)N=C=O. The minimum Gasteiger partial charge on any atom is -0.211 e. The molecule has 0 aromatic heterocycles. The van der Waals surface area contributed by atoms with Crippen molar-refractivity contribution in [2.24, 2.45) is 4.99 Å². The van der Waals surface area contributed by atoms with Crippen molar-refractivity contribution in [2.75, 3.05) is 0 Å². The van der Waals surface area contributed by atoms with Crippen LogP contribution in [0.1, 0.15) is 43.7 Å². The van der Waals surface area contributed by atoms with Gasteiger partial charge in [0.05, 0.1) is 12.1 Å². The zero-order chi connectivity index (χ0) is 17.3. The van der Waals surface area contributed by atoms with Crippen molar-refractivity contribution in [2.45, 2.75) is 44.1 Å². The Bertz CT molecular complexity index is 673. The smallest absolute Gasteiger partial charge is 0.211 e. The highest BCUT2D eigenvalue weighted by Crippen LogP contribution is 2.37. The maximum atomic E-state index is 10.9. The van der Waals surface area contributed by atoms with Gasteiger partial charge < -0.3 is 0 Å². The third kappa shape index (κ3) is 3.98. The second kappa shape index (κ2) is 8.82. The van der Waals surface area contributed by atoms with Crippen LogP contribution in [0.4, 0.5) is 0 Å². The molecule has 1 atom stereocenters. The van der Waals surface area contributed by atoms with Gasteiger partial charge in [0.2, 0.25) is 6.08 Å². The molecule has 0 aliphatic rings. The summed E-state index contributed by atoms with van der Waals surface area (Å²) in [6, 6.07) is 21.8. The molecule has 0 spiro atoms. The Balaban J connectivity index is 2.50. The molecular weight excluding hydrogens is 296 g/mol. The summed E-state index contributed by atoms with van der Waals surface area (Å²) in [6.07, 6.45) is 4.96. The summed E-state index contributed by atoms with van der Waals surface area (Å²) in [6.45, 7) is 2.10. The normalized spacial score (nSPS) is 12.0. The van der Waals surface area contributed by atoms with Crippen LogP contribution in [0.5, 0.6) is 0 Å². The number of hydrogen-bond acceptors (Lipinski definition) is 3. The van der Waals surface area contributed by atoms with Crippen LogP contribution in [0, 0.1) is 11.3 Å². The molecule has 2 aromatic rings. The zero-order valence-electron chi connectivity index (χ0n) is 14.0. The number of nitrogens with zero attached hydrogens (tertiary/aromatic N) is 2. The minimum absolute atomic E-state index is 0.206. The number of hydrogen-bond donors (Lipinski definition) is 0. The second-order valence-electron chi connectivity index (χ2n) is 5.97. The van der Waals surface area contributed by atoms with Crippen LogP contribution in [-0.2, 0) is 10.2 Å². The van der Waals surface area contributed by atoms with Crippen LogP contribution in [0.15, 0.2) is 65.7 Å². The van der Waals surface area contributed by atoms with E-state index in [-0.39, 0.29) is 6.04 Å². The van der Waals surface area contributed by atoms with Gasteiger partial charge >= 0.3 is 0 Å². The Morgan fingerprint density at radius 1 is 1.04 bits per heavy atom. The van der Waals surface area contributed by atoms with Gasteiger partial charge in [-0.1, -0.05) is 80.4 Å². The summed E-state index contributed by atoms with van der Waals surface area (Å²) in [7, 11) is 0. The second-order valence-corrected chi connectivity index (χ2v) is 5.97. The average molecular weight is 318 g/mol. The van der Waals surface area contributed by atoms with Crippen LogP contribution in [0.2, 0.25) is 0 Å². The molecular formula is C21H22N2O. The molecule has 0 radical (unpaired) electrons. The maximum absolute atomic E-state index is 10.9. The van der Waals surface area contributed by atoms with Gasteiger partial charge in [-0.3, -0.25) is 0 Å². The van der Waals surface area contributed by atoms with Gasteiger partial charge in [-0.25, -0.2) is 9.79 Å². The molecule has 2 aromatic carbocycles. The molecule has 0 aliphatic heterocycles. The molecule has 3 heteroatoms. The van der Waals surface area contributed by atoms with Crippen molar-refractivity contribution in [1.29, 1.82) is 5.26 Å². The van der Waals surface area contributed by atoms with Crippen molar-refractivity contribution in [3.05, 3.63) is 71.8 Å². The third-order valence-electron chi connectivity index (χ3n) is 4.39. The number of aliphatic imine (C=N–C) groups is 1. The molecule has 3 nitrogen and oxygen atoms in total. The summed E-state index contributed by atoms with van der Waals surface area (Å²) < 4.78 is 0. The van der Waals surface area contributed by atoms with Crippen LogP contribution in [0.25, 0.3) is 0 Å². The Morgan fingerprint density at radius 2 is 1.58 bits per heavy atom. The summed E-state index contributed by atoms with van der Waals surface area (Å²) >= 11 is 0. The van der Waals surface area contributed by atoms with Gasteiger partial charge in [0.1, 0.15) is 5.41 Å². The van der Waals surface area contributed by atoms with Crippen molar-refractivity contribution in [3.8, 4) is 6.07 Å². The van der Waals surface area contributed by atoms with E-state index in [9.17, 15) is 10.1 Å². The zero-order valence-corrected chi connectivity index (χ0v) is 14.0. The number of nitriles is 1. The van der Waals surface area contributed by atoms with E-state index in [4.69, 9.17) is 0 Å². The molecule has 0 saturated carbocycles. The lowest BCUT2D eigenvalue weighted by Crippen LogP contribution is -2.30. The molecule has 0 amide bonds. The Hall–Kier alpha value is -2.69. The van der Waals surface area contributed by atoms with E-state index < -0.39 is 5.41 Å². The average Bonchev–Trinajstić information content (AvgIpc) is 2.65. The Morgan fingerprint density at radius 3 is 2.00 bits per heavy atom. The molecule has 24 heavy (non-hydrogen) atoms. The van der Waals surface area contributed by atoms with Gasteiger partial charge in [0.15, 0.2) is 0 Å².